The molecule has 0 saturated carbocycles. The Morgan fingerprint density at radius 1 is 0.500 bits per heavy atom. The Kier molecular flexibility index (Phi) is 166. The summed E-state index contributed by atoms with van der Waals surface area (Å²) in [5.74, 6) is 0. The molecule has 4 heavy (non-hydrogen) atoms. The van der Waals surface area contributed by atoms with Crippen LogP contribution in [0.5, 0.6) is 0 Å². The first-order valence-corrected chi connectivity index (χ1v) is 0. The third-order valence-electron chi connectivity index (χ3n) is 0. The van der Waals surface area contributed by atoms with Crippen LogP contribution in [0.25, 0.3) is 0 Å². The van der Waals surface area contributed by atoms with E-state index >= 15 is 0 Å². The van der Waals surface area contributed by atoms with Crippen LogP contribution in [-0.2, 0) is 16.8 Å². The molecule has 0 aromatic rings. The second kappa shape index (κ2) is 19.0. The van der Waals surface area contributed by atoms with E-state index in [9.17, 15) is 0 Å². The third-order valence-corrected chi connectivity index (χ3v) is 0. The van der Waals surface area contributed by atoms with Gasteiger partial charge in [-0.2, -0.15) is 0 Å². The molecular formula is As3Co. The standard InChI is InChI=1S/3As.Co. The molecule has 0 heterocycles. The number of hydrogen-bond acceptors (Lipinski definition) is 0. The van der Waals surface area contributed by atoms with Gasteiger partial charge in [0, 0.05) is 70.6 Å². The van der Waals surface area contributed by atoms with E-state index in [1.807, 2.05) is 0 Å². The van der Waals surface area contributed by atoms with Crippen molar-refractivity contribution in [2.24, 2.45) is 0 Å². The zero-order chi connectivity index (χ0) is 0. The molecule has 0 aliphatic rings. The van der Waals surface area contributed by atoms with Crippen LogP contribution in [0.3, 0.4) is 0 Å². The summed E-state index contributed by atoms with van der Waals surface area (Å²) in [6.45, 7) is 0. The molecule has 0 rings (SSSR count). The molecule has 0 aromatic carbocycles. The molecule has 0 N–H and O–H groups in total. The van der Waals surface area contributed by atoms with E-state index in [4.69, 9.17) is 0 Å². The summed E-state index contributed by atoms with van der Waals surface area (Å²) >= 11 is 0. The minimum Gasteiger partial charge on any atom is 0 e. The summed E-state index contributed by atoms with van der Waals surface area (Å²) in [6, 6.07) is 0. The van der Waals surface area contributed by atoms with Crippen LogP contribution in [0.1, 0.15) is 0 Å². The van der Waals surface area contributed by atoms with Gasteiger partial charge in [-0.25, -0.2) is 0 Å². The largest absolute Gasteiger partial charge is 0 e. The first kappa shape index (κ1) is 34.9. The van der Waals surface area contributed by atoms with Crippen LogP contribution >= 0.6 is 0 Å². The Bertz CT molecular complexity index is 3.25. The van der Waals surface area contributed by atoms with Crippen molar-refractivity contribution < 1.29 is 16.8 Å². The average molecular weight is 284 g/mol. The van der Waals surface area contributed by atoms with Crippen LogP contribution in [0, 0.1) is 0 Å². The van der Waals surface area contributed by atoms with Gasteiger partial charge in [0.25, 0.3) is 0 Å². The van der Waals surface area contributed by atoms with Gasteiger partial charge in [-0.1, -0.05) is 0 Å². The molecule has 0 aliphatic carbocycles. The molecule has 0 aromatic heterocycles. The van der Waals surface area contributed by atoms with Crippen molar-refractivity contribution in [2.75, 3.05) is 0 Å². The fourth-order valence-corrected chi connectivity index (χ4v) is 0. The van der Waals surface area contributed by atoms with Gasteiger partial charge in [0.2, 0.25) is 0 Å². The van der Waals surface area contributed by atoms with Crippen LogP contribution < -0.4 is 0 Å². The second-order valence-corrected chi connectivity index (χ2v) is 0. The normalized spacial score (nSPS) is 0. The molecule has 10 radical (unpaired) electrons. The molecule has 4 heteroatoms. The third kappa shape index (κ3) is 8.89. The average Bonchev–Trinajstić information content (AvgIpc) is 0. The van der Waals surface area contributed by atoms with Gasteiger partial charge in [0.1, 0.15) is 0 Å². The molecule has 0 amide bonds. The summed E-state index contributed by atoms with van der Waals surface area (Å²) in [4.78, 5) is 0. The van der Waals surface area contributed by atoms with E-state index in [0.29, 0.717) is 0 Å². The summed E-state index contributed by atoms with van der Waals surface area (Å²) < 4.78 is 0. The van der Waals surface area contributed by atoms with Gasteiger partial charge >= 0.3 is 0 Å². The first-order chi connectivity index (χ1) is 0. The van der Waals surface area contributed by atoms with Gasteiger partial charge < -0.3 is 0 Å². The predicted molar refractivity (Wildman–Crippen MR) is 17.3 cm³/mol. The number of hydrogen-bond donors (Lipinski definition) is 0. The van der Waals surface area contributed by atoms with Gasteiger partial charge in [0.05, 0.1) is 0 Å². The monoisotopic (exact) mass is 284 g/mol. The van der Waals surface area contributed by atoms with Crippen LogP contribution in [0.2, 0.25) is 0 Å². The molecule has 0 fully saturated rings. The second-order valence-electron chi connectivity index (χ2n) is 0. The summed E-state index contributed by atoms with van der Waals surface area (Å²) in [7, 11) is 0. The molecule has 0 bridgehead atoms. The van der Waals surface area contributed by atoms with Gasteiger partial charge in [-0.15, -0.1) is 0 Å². The quantitative estimate of drug-likeness (QED) is 0.493. The van der Waals surface area contributed by atoms with E-state index in [2.05, 4.69) is 0 Å². The molecular weight excluding hydrogens is 284 g/mol. The Labute approximate surface area is 70.0 Å². The van der Waals surface area contributed by atoms with E-state index in [-0.39, 0.29) is 70.6 Å². The maximum atomic E-state index is 0. The zero-order valence-electron chi connectivity index (χ0n) is 1.67. The Morgan fingerprint density at radius 3 is 0.500 bits per heavy atom. The van der Waals surface area contributed by atoms with Gasteiger partial charge in [0.15, 0.2) is 0 Å². The predicted octanol–water partition coefficient (Wildman–Crippen LogP) is -1.14. The molecule has 0 saturated heterocycles. The van der Waals surface area contributed by atoms with E-state index < -0.39 is 0 Å². The zero-order valence-corrected chi connectivity index (χ0v) is 8.35. The van der Waals surface area contributed by atoms with Gasteiger partial charge in [-0.3, -0.25) is 0 Å². The molecule has 0 atom stereocenters. The Balaban J connectivity index is 0. The van der Waals surface area contributed by atoms with Crippen molar-refractivity contribution in [1.82, 2.24) is 0 Å². The van der Waals surface area contributed by atoms with Crippen molar-refractivity contribution in [2.45, 2.75) is 0 Å². The summed E-state index contributed by atoms with van der Waals surface area (Å²) in [5, 5.41) is 0. The SMILES string of the molecule is [As].[As].[As].[Co]. The fourth-order valence-electron chi connectivity index (χ4n) is 0. The first-order valence-electron chi connectivity index (χ1n) is 0. The molecule has 0 unspecified atom stereocenters. The smallest absolute Gasteiger partial charge is 0 e. The van der Waals surface area contributed by atoms with Gasteiger partial charge in [-0.05, 0) is 0 Å². The van der Waals surface area contributed by atoms with Crippen molar-refractivity contribution in [3.8, 4) is 0 Å². The molecule has 0 spiro atoms. The van der Waals surface area contributed by atoms with E-state index in [1.165, 1.54) is 0 Å². The van der Waals surface area contributed by atoms with Crippen LogP contribution in [0.4, 0.5) is 0 Å². The molecule has 0 nitrogen and oxygen atoms in total. The fraction of sp³-hybridized carbons (Fsp3) is 0. The Hall–Kier alpha value is 2.18. The maximum Gasteiger partial charge on any atom is 0 e. The van der Waals surface area contributed by atoms with Crippen molar-refractivity contribution in [3.63, 3.8) is 0 Å². The Morgan fingerprint density at radius 2 is 0.500 bits per heavy atom. The minimum atomic E-state index is 0. The molecule has 0 aliphatic heterocycles. The number of rotatable bonds is 0. The van der Waals surface area contributed by atoms with E-state index in [0.717, 1.165) is 0 Å². The molecule has 24 valence electrons. The maximum absolute atomic E-state index is 0. The summed E-state index contributed by atoms with van der Waals surface area (Å²) in [6.07, 6.45) is 0. The van der Waals surface area contributed by atoms with Crippen LogP contribution in [0.15, 0.2) is 0 Å². The minimum absolute atomic E-state index is 0. The van der Waals surface area contributed by atoms with E-state index in [1.54, 1.807) is 0 Å². The van der Waals surface area contributed by atoms with Crippen LogP contribution in [-0.4, -0.2) is 53.9 Å². The van der Waals surface area contributed by atoms with Crippen molar-refractivity contribution >= 4 is 53.9 Å². The van der Waals surface area contributed by atoms with Crippen molar-refractivity contribution in [3.05, 3.63) is 0 Å². The topological polar surface area (TPSA) is 0 Å². The summed E-state index contributed by atoms with van der Waals surface area (Å²) in [5.41, 5.74) is 0. The van der Waals surface area contributed by atoms with Crippen molar-refractivity contribution in [1.29, 1.82) is 0 Å².